The van der Waals surface area contributed by atoms with E-state index in [2.05, 4.69) is 19.8 Å². The largest absolute Gasteiger partial charge is 0.477 e. The third-order valence-corrected chi connectivity index (χ3v) is 3.52. The molecule has 0 aliphatic carbocycles. The van der Waals surface area contributed by atoms with Crippen LogP contribution in [0.4, 0.5) is 5.82 Å². The maximum Gasteiger partial charge on any atom is 0.234 e. The average molecular weight is 279 g/mol. The number of nitrogens with zero attached hydrogens (tertiary/aromatic N) is 4. The first kappa shape index (κ1) is 15.0. The molecule has 1 fully saturated rings. The summed E-state index contributed by atoms with van der Waals surface area (Å²) in [6.07, 6.45) is 5.78. The Kier molecular flexibility index (Phi) is 6.01. The van der Waals surface area contributed by atoms with Crippen molar-refractivity contribution in [2.75, 3.05) is 50.8 Å². The zero-order chi connectivity index (χ0) is 14.2. The van der Waals surface area contributed by atoms with Crippen molar-refractivity contribution in [3.8, 4) is 5.88 Å². The van der Waals surface area contributed by atoms with Crippen LogP contribution in [0.3, 0.4) is 0 Å². The van der Waals surface area contributed by atoms with Gasteiger partial charge in [0.2, 0.25) is 5.88 Å². The highest BCUT2D eigenvalue weighted by atomic mass is 16.5. The van der Waals surface area contributed by atoms with E-state index in [1.165, 1.54) is 6.42 Å². The van der Waals surface area contributed by atoms with Gasteiger partial charge in [0.15, 0.2) is 5.82 Å². The van der Waals surface area contributed by atoms with Gasteiger partial charge in [-0.25, -0.2) is 0 Å². The predicted octanol–water partition coefficient (Wildman–Crippen LogP) is 0.736. The van der Waals surface area contributed by atoms with Crippen molar-refractivity contribution in [1.82, 2.24) is 14.9 Å². The van der Waals surface area contributed by atoms with E-state index < -0.39 is 0 Å². The van der Waals surface area contributed by atoms with E-state index in [1.807, 2.05) is 13.1 Å². The third kappa shape index (κ3) is 4.31. The number of anilines is 1. The van der Waals surface area contributed by atoms with Crippen molar-refractivity contribution in [1.29, 1.82) is 0 Å². The first-order valence-electron chi connectivity index (χ1n) is 7.45. The molecule has 112 valence electrons. The van der Waals surface area contributed by atoms with E-state index in [4.69, 9.17) is 10.5 Å². The minimum Gasteiger partial charge on any atom is -0.477 e. The van der Waals surface area contributed by atoms with Gasteiger partial charge in [-0.1, -0.05) is 0 Å². The van der Waals surface area contributed by atoms with Crippen LogP contribution in [0.25, 0.3) is 0 Å². The Morgan fingerprint density at radius 1 is 1.20 bits per heavy atom. The molecule has 1 aliphatic rings. The molecule has 1 aromatic heterocycles. The van der Waals surface area contributed by atoms with E-state index in [-0.39, 0.29) is 0 Å². The summed E-state index contributed by atoms with van der Waals surface area (Å²) in [5.41, 5.74) is 5.53. The molecular weight excluding hydrogens is 254 g/mol. The van der Waals surface area contributed by atoms with Crippen LogP contribution in [0.15, 0.2) is 12.4 Å². The minimum absolute atomic E-state index is 0.607. The molecule has 2 rings (SSSR count). The van der Waals surface area contributed by atoms with E-state index in [9.17, 15) is 0 Å². The van der Waals surface area contributed by atoms with E-state index >= 15 is 0 Å². The first-order valence-corrected chi connectivity index (χ1v) is 7.45. The zero-order valence-electron chi connectivity index (χ0n) is 12.3. The fraction of sp³-hybridized carbons (Fsp3) is 0.714. The summed E-state index contributed by atoms with van der Waals surface area (Å²) in [6.45, 7) is 8.65. The molecular formula is C14H25N5O. The summed E-state index contributed by atoms with van der Waals surface area (Å²) >= 11 is 0. The molecule has 6 nitrogen and oxygen atoms in total. The van der Waals surface area contributed by atoms with Crippen molar-refractivity contribution in [3.05, 3.63) is 12.4 Å². The second-order valence-electron chi connectivity index (χ2n) is 4.97. The number of rotatable bonds is 7. The fourth-order valence-electron chi connectivity index (χ4n) is 2.39. The molecule has 0 radical (unpaired) electrons. The minimum atomic E-state index is 0.607. The van der Waals surface area contributed by atoms with Gasteiger partial charge in [-0.3, -0.25) is 9.88 Å². The molecule has 1 saturated heterocycles. The van der Waals surface area contributed by atoms with Gasteiger partial charge in [-0.2, -0.15) is 4.98 Å². The molecule has 0 unspecified atom stereocenters. The molecule has 2 N–H and O–H groups in total. The molecule has 0 amide bonds. The van der Waals surface area contributed by atoms with E-state index in [0.29, 0.717) is 12.5 Å². The maximum atomic E-state index is 5.53. The highest BCUT2D eigenvalue weighted by Gasteiger charge is 2.18. The Morgan fingerprint density at radius 2 is 2.00 bits per heavy atom. The lowest BCUT2D eigenvalue weighted by atomic mass is 10.2. The van der Waals surface area contributed by atoms with E-state index in [1.54, 1.807) is 6.20 Å². The number of aromatic nitrogens is 2. The molecule has 1 aliphatic heterocycles. The molecule has 20 heavy (non-hydrogen) atoms. The van der Waals surface area contributed by atoms with Gasteiger partial charge in [-0.15, -0.1) is 0 Å². The normalized spacial score (nSPS) is 16.4. The highest BCUT2D eigenvalue weighted by molar-refractivity contribution is 5.38. The summed E-state index contributed by atoms with van der Waals surface area (Å²) < 4.78 is 5.40. The van der Waals surface area contributed by atoms with Gasteiger partial charge in [-0.05, 0) is 32.9 Å². The van der Waals surface area contributed by atoms with Crippen molar-refractivity contribution in [2.24, 2.45) is 5.73 Å². The number of hydrogen-bond donors (Lipinski definition) is 1. The Morgan fingerprint density at radius 3 is 2.70 bits per heavy atom. The van der Waals surface area contributed by atoms with Crippen LogP contribution < -0.4 is 15.4 Å². The zero-order valence-corrected chi connectivity index (χ0v) is 12.3. The van der Waals surface area contributed by atoms with Crippen molar-refractivity contribution in [2.45, 2.75) is 19.8 Å². The maximum absolute atomic E-state index is 5.53. The van der Waals surface area contributed by atoms with Gasteiger partial charge < -0.3 is 15.4 Å². The number of hydrogen-bond acceptors (Lipinski definition) is 6. The SMILES string of the molecule is CCOc1cncc(N2CCN(CCCCN)CC2)n1. The molecule has 6 heteroatoms. The lowest BCUT2D eigenvalue weighted by Crippen LogP contribution is -2.47. The van der Waals surface area contributed by atoms with Crippen LogP contribution in [0.1, 0.15) is 19.8 Å². The molecule has 0 aromatic carbocycles. The number of ether oxygens (including phenoxy) is 1. The van der Waals surface area contributed by atoms with Crippen LogP contribution >= 0.6 is 0 Å². The van der Waals surface area contributed by atoms with Gasteiger partial charge >= 0.3 is 0 Å². The Bertz CT molecular complexity index is 393. The average Bonchev–Trinajstić information content (AvgIpc) is 2.49. The summed E-state index contributed by atoms with van der Waals surface area (Å²) in [4.78, 5) is 13.5. The quantitative estimate of drug-likeness (QED) is 0.742. The summed E-state index contributed by atoms with van der Waals surface area (Å²) in [5.74, 6) is 1.52. The Labute approximate surface area is 120 Å². The lowest BCUT2D eigenvalue weighted by molar-refractivity contribution is 0.252. The van der Waals surface area contributed by atoms with Gasteiger partial charge in [0.1, 0.15) is 0 Å². The standard InChI is InChI=1S/C14H25N5O/c1-2-20-14-12-16-11-13(17-14)19-9-7-18(8-10-19)6-4-3-5-15/h11-12H,2-10,15H2,1H3. The molecule has 1 aromatic rings. The Balaban J connectivity index is 1.82. The summed E-state index contributed by atoms with van der Waals surface area (Å²) in [6, 6.07) is 0. The fourth-order valence-corrected chi connectivity index (χ4v) is 2.39. The topological polar surface area (TPSA) is 67.5 Å². The second kappa shape index (κ2) is 8.01. The monoisotopic (exact) mass is 279 g/mol. The highest BCUT2D eigenvalue weighted by Crippen LogP contribution is 2.16. The van der Waals surface area contributed by atoms with Crippen molar-refractivity contribution < 1.29 is 4.74 Å². The number of piperazine rings is 1. The predicted molar refractivity (Wildman–Crippen MR) is 80.1 cm³/mol. The molecule has 0 atom stereocenters. The van der Waals surface area contributed by atoms with Gasteiger partial charge in [0.05, 0.1) is 19.0 Å². The second-order valence-corrected chi connectivity index (χ2v) is 4.97. The Hall–Kier alpha value is -1.40. The van der Waals surface area contributed by atoms with Crippen molar-refractivity contribution in [3.63, 3.8) is 0 Å². The molecule has 0 spiro atoms. The summed E-state index contributed by atoms with van der Waals surface area (Å²) in [7, 11) is 0. The molecule has 2 heterocycles. The van der Waals surface area contributed by atoms with Crippen LogP contribution in [-0.2, 0) is 0 Å². The van der Waals surface area contributed by atoms with Crippen LogP contribution in [-0.4, -0.2) is 60.7 Å². The summed E-state index contributed by atoms with van der Waals surface area (Å²) in [5, 5.41) is 0. The first-order chi connectivity index (χ1) is 9.83. The molecule has 0 bridgehead atoms. The van der Waals surface area contributed by atoms with E-state index in [0.717, 1.165) is 51.5 Å². The smallest absolute Gasteiger partial charge is 0.234 e. The number of unbranched alkanes of at least 4 members (excludes halogenated alkanes) is 1. The number of nitrogens with two attached hydrogens (primary N) is 1. The van der Waals surface area contributed by atoms with Gasteiger partial charge in [0.25, 0.3) is 0 Å². The van der Waals surface area contributed by atoms with Gasteiger partial charge in [0, 0.05) is 26.2 Å². The third-order valence-electron chi connectivity index (χ3n) is 3.52. The molecule has 0 saturated carbocycles. The van der Waals surface area contributed by atoms with Crippen LogP contribution in [0.5, 0.6) is 5.88 Å². The van der Waals surface area contributed by atoms with Crippen LogP contribution in [0, 0.1) is 0 Å². The lowest BCUT2D eigenvalue weighted by Gasteiger charge is -2.35. The van der Waals surface area contributed by atoms with Crippen molar-refractivity contribution >= 4 is 5.82 Å². The van der Waals surface area contributed by atoms with Crippen LogP contribution in [0.2, 0.25) is 0 Å².